The molecular weight excluding hydrogens is 200 g/mol. The maximum Gasteiger partial charge on any atom is 0.137 e. The molecule has 3 heteroatoms. The minimum absolute atomic E-state index is 0.0459. The fraction of sp³-hybridized carbons (Fsp3) is 0.364. The molecule has 0 aliphatic heterocycles. The third-order valence-electron chi connectivity index (χ3n) is 1.96. The fourth-order valence-corrected chi connectivity index (χ4v) is 1.37. The molecule has 0 fully saturated rings. The molecule has 1 aromatic carbocycles. The Hall–Kier alpha value is -0.730. The molecule has 0 amide bonds. The van der Waals surface area contributed by atoms with Gasteiger partial charge in [0, 0.05) is 5.92 Å². The van der Waals surface area contributed by atoms with Crippen LogP contribution in [0.1, 0.15) is 19.4 Å². The summed E-state index contributed by atoms with van der Waals surface area (Å²) in [6.07, 6.45) is 0. The van der Waals surface area contributed by atoms with Crippen LogP contribution in [0.3, 0.4) is 0 Å². The van der Waals surface area contributed by atoms with Crippen LogP contribution in [0.4, 0.5) is 0 Å². The molecule has 0 aliphatic rings. The van der Waals surface area contributed by atoms with E-state index in [4.69, 9.17) is 21.4 Å². The van der Waals surface area contributed by atoms with Crippen molar-refractivity contribution in [1.29, 1.82) is 0 Å². The predicted octanol–water partition coefficient (Wildman–Crippen LogP) is 2.67. The van der Waals surface area contributed by atoms with Gasteiger partial charge in [-0.1, -0.05) is 24.6 Å². The second-order valence-corrected chi connectivity index (χ2v) is 3.42. The Labute approximate surface area is 89.5 Å². The Kier molecular flexibility index (Phi) is 4.23. The van der Waals surface area contributed by atoms with E-state index in [1.807, 2.05) is 26.0 Å². The number of ether oxygens (including phenoxy) is 1. The number of halogens is 1. The zero-order chi connectivity index (χ0) is 10.6. The van der Waals surface area contributed by atoms with Crippen molar-refractivity contribution in [2.75, 3.05) is 13.2 Å². The highest BCUT2D eigenvalue weighted by molar-refractivity contribution is 6.32. The lowest BCUT2D eigenvalue weighted by atomic mass is 10.0. The van der Waals surface area contributed by atoms with Crippen molar-refractivity contribution in [3.8, 4) is 5.75 Å². The van der Waals surface area contributed by atoms with Gasteiger partial charge >= 0.3 is 0 Å². The summed E-state index contributed by atoms with van der Waals surface area (Å²) in [6, 6.07) is 5.51. The molecule has 0 saturated carbocycles. The molecule has 0 saturated heterocycles. The molecule has 0 bridgehead atoms. The largest absolute Gasteiger partial charge is 0.492 e. The second kappa shape index (κ2) is 5.23. The molecule has 1 N–H and O–H groups in total. The maximum absolute atomic E-state index is 8.94. The summed E-state index contributed by atoms with van der Waals surface area (Å²) < 4.78 is 5.30. The summed E-state index contributed by atoms with van der Waals surface area (Å²) in [6.45, 7) is 4.42. The van der Waals surface area contributed by atoms with Gasteiger partial charge in [0.15, 0.2) is 0 Å². The molecule has 2 nitrogen and oxygen atoms in total. The predicted molar refractivity (Wildman–Crippen MR) is 57.7 cm³/mol. The van der Waals surface area contributed by atoms with Crippen LogP contribution in [0.5, 0.6) is 5.75 Å². The van der Waals surface area contributed by atoms with E-state index in [0.29, 0.717) is 17.4 Å². The van der Waals surface area contributed by atoms with E-state index < -0.39 is 0 Å². The molecule has 1 aromatic rings. The standard InChI is InChI=1S/C11H14ClO2/c1-3-14-11-5-4-9(6-10(11)12)8(2)7-13/h4-6,13H,3,7H2,1-2H3. The number of hydrogen-bond acceptors (Lipinski definition) is 2. The lowest BCUT2D eigenvalue weighted by Gasteiger charge is -2.10. The van der Waals surface area contributed by atoms with Gasteiger partial charge in [0.1, 0.15) is 5.75 Å². The topological polar surface area (TPSA) is 29.5 Å². The van der Waals surface area contributed by atoms with Gasteiger partial charge in [0.25, 0.3) is 0 Å². The van der Waals surface area contributed by atoms with Crippen LogP contribution in [0, 0.1) is 5.92 Å². The van der Waals surface area contributed by atoms with E-state index >= 15 is 0 Å². The number of aliphatic hydroxyl groups is 1. The van der Waals surface area contributed by atoms with Gasteiger partial charge in [-0.2, -0.15) is 0 Å². The van der Waals surface area contributed by atoms with Gasteiger partial charge in [0.2, 0.25) is 0 Å². The van der Waals surface area contributed by atoms with E-state index in [-0.39, 0.29) is 6.61 Å². The lowest BCUT2D eigenvalue weighted by Crippen LogP contribution is -2.00. The summed E-state index contributed by atoms with van der Waals surface area (Å²) in [5.74, 6) is 1.58. The van der Waals surface area contributed by atoms with Crippen molar-refractivity contribution >= 4 is 11.6 Å². The van der Waals surface area contributed by atoms with Gasteiger partial charge in [0.05, 0.1) is 18.2 Å². The van der Waals surface area contributed by atoms with Crippen LogP contribution in [0.2, 0.25) is 5.02 Å². The van der Waals surface area contributed by atoms with E-state index in [1.165, 1.54) is 0 Å². The Bertz CT molecular complexity index is 299. The minimum atomic E-state index is 0.0459. The van der Waals surface area contributed by atoms with Gasteiger partial charge in [-0.3, -0.25) is 0 Å². The Morgan fingerprint density at radius 2 is 2.21 bits per heavy atom. The third-order valence-corrected chi connectivity index (χ3v) is 2.26. The van der Waals surface area contributed by atoms with Gasteiger partial charge in [-0.25, -0.2) is 0 Å². The van der Waals surface area contributed by atoms with E-state index in [0.717, 1.165) is 11.5 Å². The van der Waals surface area contributed by atoms with Crippen molar-refractivity contribution in [2.24, 2.45) is 0 Å². The molecule has 77 valence electrons. The number of benzene rings is 1. The van der Waals surface area contributed by atoms with Crippen LogP contribution >= 0.6 is 11.6 Å². The van der Waals surface area contributed by atoms with Gasteiger partial charge < -0.3 is 9.84 Å². The van der Waals surface area contributed by atoms with Crippen molar-refractivity contribution in [2.45, 2.75) is 13.8 Å². The lowest BCUT2D eigenvalue weighted by molar-refractivity contribution is 0.314. The van der Waals surface area contributed by atoms with Gasteiger partial charge in [-0.15, -0.1) is 0 Å². The molecule has 1 radical (unpaired) electrons. The average Bonchev–Trinajstić information content (AvgIpc) is 2.20. The molecule has 0 heterocycles. The highest BCUT2D eigenvalue weighted by atomic mass is 35.5. The van der Waals surface area contributed by atoms with Crippen LogP contribution in [-0.4, -0.2) is 18.3 Å². The zero-order valence-electron chi connectivity index (χ0n) is 8.38. The summed E-state index contributed by atoms with van der Waals surface area (Å²) in [5, 5.41) is 9.52. The Balaban J connectivity index is 2.88. The van der Waals surface area contributed by atoms with Crippen molar-refractivity contribution < 1.29 is 9.84 Å². The minimum Gasteiger partial charge on any atom is -0.492 e. The zero-order valence-corrected chi connectivity index (χ0v) is 9.14. The highest BCUT2D eigenvalue weighted by Gasteiger charge is 2.08. The fourth-order valence-electron chi connectivity index (χ4n) is 1.13. The van der Waals surface area contributed by atoms with Crippen LogP contribution in [-0.2, 0) is 0 Å². The summed E-state index contributed by atoms with van der Waals surface area (Å²) in [7, 11) is 0. The third kappa shape index (κ3) is 2.63. The first-order chi connectivity index (χ1) is 6.69. The van der Waals surface area contributed by atoms with Crippen LogP contribution < -0.4 is 4.74 Å². The molecule has 0 aliphatic carbocycles. The molecule has 0 atom stereocenters. The number of aliphatic hydroxyl groups excluding tert-OH is 1. The monoisotopic (exact) mass is 213 g/mol. The molecule has 1 rings (SSSR count). The summed E-state index contributed by atoms with van der Waals surface area (Å²) >= 11 is 5.99. The first-order valence-electron chi connectivity index (χ1n) is 4.55. The summed E-state index contributed by atoms with van der Waals surface area (Å²) in [5.41, 5.74) is 0.945. The van der Waals surface area contributed by atoms with Crippen LogP contribution in [0.15, 0.2) is 18.2 Å². The average molecular weight is 214 g/mol. The van der Waals surface area contributed by atoms with E-state index in [1.54, 1.807) is 6.07 Å². The molecule has 0 aromatic heterocycles. The van der Waals surface area contributed by atoms with Crippen molar-refractivity contribution in [1.82, 2.24) is 0 Å². The van der Waals surface area contributed by atoms with Gasteiger partial charge in [-0.05, 0) is 24.6 Å². The second-order valence-electron chi connectivity index (χ2n) is 3.02. The van der Waals surface area contributed by atoms with Crippen molar-refractivity contribution in [3.05, 3.63) is 34.7 Å². The quantitative estimate of drug-likeness (QED) is 0.834. The smallest absolute Gasteiger partial charge is 0.137 e. The number of hydrogen-bond donors (Lipinski definition) is 1. The maximum atomic E-state index is 8.94. The van der Waals surface area contributed by atoms with Crippen LogP contribution in [0.25, 0.3) is 0 Å². The summed E-state index contributed by atoms with van der Waals surface area (Å²) in [4.78, 5) is 0. The number of rotatable bonds is 4. The first-order valence-corrected chi connectivity index (χ1v) is 4.92. The SMILES string of the molecule is CCOc1ccc([C](C)CO)cc1Cl. The highest BCUT2D eigenvalue weighted by Crippen LogP contribution is 2.28. The Morgan fingerprint density at radius 3 is 2.71 bits per heavy atom. The normalized spacial score (nSPS) is 10.6. The molecule has 14 heavy (non-hydrogen) atoms. The Morgan fingerprint density at radius 1 is 1.50 bits per heavy atom. The van der Waals surface area contributed by atoms with E-state index in [2.05, 4.69) is 0 Å². The molecule has 0 spiro atoms. The van der Waals surface area contributed by atoms with Crippen molar-refractivity contribution in [3.63, 3.8) is 0 Å². The molecule has 0 unspecified atom stereocenters. The first kappa shape index (κ1) is 11.3. The van der Waals surface area contributed by atoms with E-state index in [9.17, 15) is 0 Å². The molecular formula is C11H14ClO2.